The molecule has 0 N–H and O–H groups in total. The van der Waals surface area contributed by atoms with Crippen molar-refractivity contribution in [3.63, 3.8) is 0 Å². The Kier molecular flexibility index (Phi) is 32.9. The minimum Gasteiger partial charge on any atom is -0.822 e. The summed E-state index contributed by atoms with van der Waals surface area (Å²) in [5.41, 5.74) is 0. The Morgan fingerprint density at radius 2 is 0.692 bits per heavy atom. The van der Waals surface area contributed by atoms with Crippen LogP contribution in [-0.2, 0) is 9.13 Å². The molecule has 0 saturated heterocycles. The van der Waals surface area contributed by atoms with Crippen molar-refractivity contribution < 1.29 is 154 Å². The second-order valence-electron chi connectivity index (χ2n) is 0.894. The first-order valence-corrected chi connectivity index (χ1v) is 4.38. The summed E-state index contributed by atoms with van der Waals surface area (Å²) in [5.74, 6) is 0. The molecule has 13 heavy (non-hydrogen) atoms. The monoisotopic (exact) mass is 628 g/mol. The van der Waals surface area contributed by atoms with Gasteiger partial charge in [0.05, 0.1) is 0 Å². The molecule has 0 heterocycles. The van der Waals surface area contributed by atoms with Gasteiger partial charge in [0.1, 0.15) is 0 Å². The molecule has 0 fully saturated rings. The van der Waals surface area contributed by atoms with E-state index in [1.165, 1.54) is 0 Å². The number of hydrogen-bond donors (Lipinski definition) is 0. The summed E-state index contributed by atoms with van der Waals surface area (Å²) in [6, 6.07) is 0. The van der Waals surface area contributed by atoms with Crippen LogP contribution in [0.4, 0.5) is 0 Å². The van der Waals surface area contributed by atoms with E-state index in [-0.39, 0.29) is 116 Å². The van der Waals surface area contributed by atoms with Gasteiger partial charge >= 0.3 is 116 Å². The third-order valence-corrected chi connectivity index (χ3v) is 0. The topological polar surface area (TPSA) is 172 Å². The molecular formula is CeLaO8P2Tb+3. The van der Waals surface area contributed by atoms with Crippen LogP contribution in [0.15, 0.2) is 0 Å². The molecule has 13 heteroatoms. The minimum absolute atomic E-state index is 0. The van der Waals surface area contributed by atoms with Crippen molar-refractivity contribution in [2.75, 3.05) is 0 Å². The van der Waals surface area contributed by atoms with Crippen LogP contribution in [0.25, 0.3) is 0 Å². The SMILES string of the molecule is O=P([O-])([O-])[O-].O=P([O-])([O-])[O-].[Ce+3].[La+3].[Tb+3]. The quantitative estimate of drug-likeness (QED) is 0.239. The van der Waals surface area contributed by atoms with Gasteiger partial charge in [-0.25, -0.2) is 0 Å². The van der Waals surface area contributed by atoms with Crippen LogP contribution in [0.5, 0.6) is 0 Å². The predicted molar refractivity (Wildman–Crippen MR) is 15.2 cm³/mol. The number of rotatable bonds is 0. The maximum atomic E-state index is 8.55. The normalized spacial score (nSPS) is 9.08. The Morgan fingerprint density at radius 1 is 0.692 bits per heavy atom. The molecule has 0 rings (SSSR count). The van der Waals surface area contributed by atoms with Crippen LogP contribution in [0.1, 0.15) is 0 Å². The van der Waals surface area contributed by atoms with Gasteiger partial charge in [-0.05, 0) is 0 Å². The first-order valence-electron chi connectivity index (χ1n) is 1.46. The first-order chi connectivity index (χ1) is 4.00. The number of hydrogen-bond acceptors (Lipinski definition) is 8. The van der Waals surface area contributed by atoms with Gasteiger partial charge in [-0.1, -0.05) is 0 Å². The molecule has 1 radical (unpaired) electrons. The Morgan fingerprint density at radius 3 is 0.692 bits per heavy atom. The van der Waals surface area contributed by atoms with Crippen molar-refractivity contribution in [2.24, 2.45) is 0 Å². The minimum atomic E-state index is -5.39. The smallest absolute Gasteiger partial charge is 0.822 e. The molecule has 0 amide bonds. The third-order valence-electron chi connectivity index (χ3n) is 0. The molecule has 0 saturated carbocycles. The zero-order chi connectivity index (χ0) is 9.00. The fraction of sp³-hybridized carbons (Fsp3) is 0. The summed E-state index contributed by atoms with van der Waals surface area (Å²) >= 11 is 0. The predicted octanol–water partition coefficient (Wildman–Crippen LogP) is -5.65. The van der Waals surface area contributed by atoms with Gasteiger partial charge in [-0.2, -0.15) is 15.6 Å². The van der Waals surface area contributed by atoms with Crippen molar-refractivity contribution >= 4 is 15.6 Å². The van der Waals surface area contributed by atoms with Gasteiger partial charge < -0.3 is 38.5 Å². The zero-order valence-corrected chi connectivity index (χ0v) is 16.3. The van der Waals surface area contributed by atoms with E-state index < -0.39 is 15.6 Å². The third kappa shape index (κ3) is 192. The Bertz CT molecular complexity index is 134. The molecular weight excluding hydrogens is 628 g/mol. The maximum absolute atomic E-state index is 8.55. The van der Waals surface area contributed by atoms with Crippen LogP contribution in [0, 0.1) is 116 Å². The molecule has 0 aromatic carbocycles. The first kappa shape index (κ1) is 30.3. The van der Waals surface area contributed by atoms with Crippen LogP contribution in [0.3, 0.4) is 0 Å². The van der Waals surface area contributed by atoms with Gasteiger partial charge in [0.25, 0.3) is 0 Å². The summed E-state index contributed by atoms with van der Waals surface area (Å²) in [6.07, 6.45) is 0. The van der Waals surface area contributed by atoms with Crippen molar-refractivity contribution in [3.05, 3.63) is 0 Å². The maximum Gasteiger partial charge on any atom is 3.00 e. The van der Waals surface area contributed by atoms with E-state index in [9.17, 15) is 0 Å². The largest absolute Gasteiger partial charge is 3.00 e. The van der Waals surface area contributed by atoms with Gasteiger partial charge in [0.15, 0.2) is 0 Å². The van der Waals surface area contributed by atoms with Gasteiger partial charge in [-0.3, -0.25) is 0 Å². The van der Waals surface area contributed by atoms with Gasteiger partial charge in [-0.15, -0.1) is 0 Å². The van der Waals surface area contributed by atoms with E-state index in [0.29, 0.717) is 0 Å². The summed E-state index contributed by atoms with van der Waals surface area (Å²) in [6.45, 7) is 0. The molecule has 0 atom stereocenters. The molecule has 0 spiro atoms. The average Bonchev–Trinajstić information content (AvgIpc) is 1.12. The van der Waals surface area contributed by atoms with Gasteiger partial charge in [0.2, 0.25) is 0 Å². The molecule has 0 aliphatic carbocycles. The molecule has 0 aromatic rings. The zero-order valence-electron chi connectivity index (χ0n) is 5.57. The van der Waals surface area contributed by atoms with E-state index in [4.69, 9.17) is 38.5 Å². The standard InChI is InChI=1S/Ce.La.2H3O4P.Tb/c;;2*1-5(2,3)4;/h;;2*(H3,1,2,3,4);/q2*+3;;;+3/p-6. The summed E-state index contributed by atoms with van der Waals surface area (Å²) < 4.78 is 17.1. The fourth-order valence-corrected chi connectivity index (χ4v) is 0. The second kappa shape index (κ2) is 14.1. The van der Waals surface area contributed by atoms with Crippen molar-refractivity contribution in [1.29, 1.82) is 0 Å². The van der Waals surface area contributed by atoms with Crippen LogP contribution < -0.4 is 29.4 Å². The summed E-state index contributed by atoms with van der Waals surface area (Å²) in [5, 5.41) is 0. The van der Waals surface area contributed by atoms with Gasteiger partial charge in [0, 0.05) is 0 Å². The fourth-order valence-electron chi connectivity index (χ4n) is 0. The molecule has 0 aromatic heterocycles. The molecule has 0 bridgehead atoms. The van der Waals surface area contributed by atoms with Crippen LogP contribution >= 0.6 is 15.6 Å². The van der Waals surface area contributed by atoms with E-state index in [0.717, 1.165) is 0 Å². The molecule has 71 valence electrons. The van der Waals surface area contributed by atoms with E-state index in [1.807, 2.05) is 0 Å². The molecule has 0 unspecified atom stereocenters. The second-order valence-corrected chi connectivity index (χ2v) is 2.68. The Hall–Kier alpha value is 4.08. The Labute approximate surface area is 166 Å². The molecule has 8 nitrogen and oxygen atoms in total. The van der Waals surface area contributed by atoms with E-state index in [1.54, 1.807) is 0 Å². The van der Waals surface area contributed by atoms with E-state index in [2.05, 4.69) is 0 Å². The van der Waals surface area contributed by atoms with Crippen molar-refractivity contribution in [2.45, 2.75) is 0 Å². The Balaban J connectivity index is -0.0000000267. The summed E-state index contributed by atoms with van der Waals surface area (Å²) in [7, 11) is -10.8. The number of phosphoric acid groups is 2. The van der Waals surface area contributed by atoms with Crippen LogP contribution in [0.2, 0.25) is 0 Å². The van der Waals surface area contributed by atoms with E-state index >= 15 is 0 Å². The molecule has 0 aliphatic rings. The average molecular weight is 628 g/mol. The molecule has 0 aliphatic heterocycles. The van der Waals surface area contributed by atoms with Crippen LogP contribution in [-0.4, -0.2) is 0 Å². The summed E-state index contributed by atoms with van der Waals surface area (Å²) in [4.78, 5) is 51.3. The van der Waals surface area contributed by atoms with Crippen molar-refractivity contribution in [3.8, 4) is 0 Å². The van der Waals surface area contributed by atoms with Crippen molar-refractivity contribution in [1.82, 2.24) is 0 Å².